The summed E-state index contributed by atoms with van der Waals surface area (Å²) in [6.45, 7) is 5.40. The maximum Gasteiger partial charge on any atom is 0.239 e. The molecule has 0 aliphatic heterocycles. The molecule has 1 saturated carbocycles. The summed E-state index contributed by atoms with van der Waals surface area (Å²) in [5, 5.41) is 3.81. The minimum atomic E-state index is 0.367. The van der Waals surface area contributed by atoms with Crippen molar-refractivity contribution in [1.29, 1.82) is 0 Å². The number of anilines is 2. The van der Waals surface area contributed by atoms with E-state index in [1.165, 1.54) is 12.8 Å². The lowest BCUT2D eigenvalue weighted by atomic mass is 9.92. The van der Waals surface area contributed by atoms with E-state index < -0.39 is 0 Å². The zero-order valence-corrected chi connectivity index (χ0v) is 10.9. The number of rotatable bonds is 5. The second kappa shape index (κ2) is 4.66. The predicted molar refractivity (Wildman–Crippen MR) is 69.8 cm³/mol. The highest BCUT2D eigenvalue weighted by molar-refractivity contribution is 6.32. The molecule has 1 fully saturated rings. The van der Waals surface area contributed by atoms with Gasteiger partial charge in [-0.25, -0.2) is 10.8 Å². The molecule has 0 aromatic carbocycles. The van der Waals surface area contributed by atoms with Crippen molar-refractivity contribution < 1.29 is 0 Å². The van der Waals surface area contributed by atoms with Crippen molar-refractivity contribution >= 4 is 23.4 Å². The Morgan fingerprint density at radius 1 is 1.53 bits per heavy atom. The molecule has 0 bridgehead atoms. The number of nitrogens with one attached hydrogen (secondary N) is 2. The van der Waals surface area contributed by atoms with Crippen LogP contribution in [0.15, 0.2) is 6.20 Å². The van der Waals surface area contributed by atoms with Crippen LogP contribution in [0.5, 0.6) is 0 Å². The van der Waals surface area contributed by atoms with Crippen molar-refractivity contribution in [2.75, 3.05) is 17.3 Å². The van der Waals surface area contributed by atoms with E-state index in [2.05, 4.69) is 34.6 Å². The summed E-state index contributed by atoms with van der Waals surface area (Å²) in [5.41, 5.74) is 2.82. The molecule has 2 rings (SSSR count). The Morgan fingerprint density at radius 2 is 2.24 bits per heavy atom. The molecule has 1 aromatic rings. The Kier molecular flexibility index (Phi) is 3.40. The summed E-state index contributed by atoms with van der Waals surface area (Å²) in [6.07, 6.45) is 4.08. The van der Waals surface area contributed by atoms with Gasteiger partial charge in [0.1, 0.15) is 5.02 Å². The Labute approximate surface area is 106 Å². The van der Waals surface area contributed by atoms with Crippen LogP contribution in [0.3, 0.4) is 0 Å². The lowest BCUT2D eigenvalue weighted by Gasteiger charge is -2.20. The zero-order chi connectivity index (χ0) is 12.5. The molecule has 0 atom stereocenters. The summed E-state index contributed by atoms with van der Waals surface area (Å²) in [4.78, 5) is 8.12. The monoisotopic (exact) mass is 255 g/mol. The van der Waals surface area contributed by atoms with E-state index in [0.29, 0.717) is 28.1 Å². The van der Waals surface area contributed by atoms with Gasteiger partial charge in [0.15, 0.2) is 5.82 Å². The Hall–Kier alpha value is -1.07. The van der Waals surface area contributed by atoms with Gasteiger partial charge in [0, 0.05) is 6.54 Å². The molecule has 0 amide bonds. The molecule has 6 heteroatoms. The van der Waals surface area contributed by atoms with Crippen molar-refractivity contribution in [1.82, 2.24) is 9.97 Å². The fraction of sp³-hybridized carbons (Fsp3) is 0.636. The summed E-state index contributed by atoms with van der Waals surface area (Å²) < 4.78 is 0. The molecule has 1 aliphatic carbocycles. The van der Waals surface area contributed by atoms with E-state index in [4.69, 9.17) is 17.4 Å². The Bertz CT molecular complexity index is 403. The van der Waals surface area contributed by atoms with E-state index in [-0.39, 0.29) is 0 Å². The average molecular weight is 256 g/mol. The van der Waals surface area contributed by atoms with Gasteiger partial charge in [0.05, 0.1) is 6.20 Å². The third-order valence-corrected chi connectivity index (χ3v) is 3.87. The van der Waals surface area contributed by atoms with Gasteiger partial charge in [0.25, 0.3) is 0 Å². The lowest BCUT2D eigenvalue weighted by Crippen LogP contribution is -2.22. The first-order valence-corrected chi connectivity index (χ1v) is 6.18. The fourth-order valence-electron chi connectivity index (χ4n) is 1.94. The van der Waals surface area contributed by atoms with Gasteiger partial charge in [-0.05, 0) is 24.2 Å². The number of aromatic nitrogens is 2. The summed E-state index contributed by atoms with van der Waals surface area (Å²) in [7, 11) is 0. The molecule has 0 saturated heterocycles. The lowest BCUT2D eigenvalue weighted by molar-refractivity contribution is 0.380. The molecule has 0 unspecified atom stereocenters. The second-order valence-corrected chi connectivity index (χ2v) is 5.31. The smallest absolute Gasteiger partial charge is 0.239 e. The Morgan fingerprint density at radius 3 is 2.76 bits per heavy atom. The van der Waals surface area contributed by atoms with Gasteiger partial charge in [-0.15, -0.1) is 0 Å². The molecule has 17 heavy (non-hydrogen) atoms. The standard InChI is InChI=1S/C11H18ClN5/c1-7(2)11(3-4-11)6-15-9-8(12)5-14-10(16-9)17-13/h5,7H,3-4,6,13H2,1-2H3,(H2,14,15,16,17). The number of hydrazine groups is 1. The topological polar surface area (TPSA) is 75.9 Å². The van der Waals surface area contributed by atoms with Crippen molar-refractivity contribution in [3.8, 4) is 0 Å². The first-order valence-electron chi connectivity index (χ1n) is 5.80. The van der Waals surface area contributed by atoms with E-state index in [1.807, 2.05) is 0 Å². The Balaban J connectivity index is 2.04. The third-order valence-electron chi connectivity index (χ3n) is 3.60. The number of nitrogens with two attached hydrogens (primary N) is 1. The number of hydrogen-bond donors (Lipinski definition) is 3. The number of nitrogens with zero attached hydrogens (tertiary/aromatic N) is 2. The highest BCUT2D eigenvalue weighted by Gasteiger charge is 2.45. The van der Waals surface area contributed by atoms with Gasteiger partial charge < -0.3 is 5.32 Å². The summed E-state index contributed by atoms with van der Waals surface area (Å²) in [6, 6.07) is 0. The van der Waals surface area contributed by atoms with Crippen molar-refractivity contribution in [3.05, 3.63) is 11.2 Å². The minimum Gasteiger partial charge on any atom is -0.368 e. The molecular weight excluding hydrogens is 238 g/mol. The zero-order valence-electron chi connectivity index (χ0n) is 10.1. The molecule has 5 nitrogen and oxygen atoms in total. The minimum absolute atomic E-state index is 0.367. The SMILES string of the molecule is CC(C)C1(CNc2nc(NN)ncc2Cl)CC1. The molecule has 94 valence electrons. The second-order valence-electron chi connectivity index (χ2n) is 4.91. The largest absolute Gasteiger partial charge is 0.368 e. The number of halogens is 1. The first-order chi connectivity index (χ1) is 8.07. The summed E-state index contributed by atoms with van der Waals surface area (Å²) >= 11 is 6.03. The van der Waals surface area contributed by atoms with Gasteiger partial charge in [-0.2, -0.15) is 4.98 Å². The van der Waals surface area contributed by atoms with Crippen molar-refractivity contribution in [3.63, 3.8) is 0 Å². The first kappa shape index (κ1) is 12.4. The van der Waals surface area contributed by atoms with E-state index >= 15 is 0 Å². The maximum atomic E-state index is 6.03. The molecular formula is C11H18ClN5. The predicted octanol–water partition coefficient (Wildman–Crippen LogP) is 2.26. The maximum absolute atomic E-state index is 6.03. The van der Waals surface area contributed by atoms with Crippen molar-refractivity contribution in [2.24, 2.45) is 17.2 Å². The van der Waals surface area contributed by atoms with Crippen LogP contribution in [-0.4, -0.2) is 16.5 Å². The van der Waals surface area contributed by atoms with Gasteiger partial charge in [0.2, 0.25) is 5.95 Å². The van der Waals surface area contributed by atoms with Crippen LogP contribution in [0.1, 0.15) is 26.7 Å². The quantitative estimate of drug-likeness (QED) is 0.556. The normalized spacial score (nSPS) is 17.0. The highest BCUT2D eigenvalue weighted by Crippen LogP contribution is 2.51. The molecule has 0 radical (unpaired) electrons. The van der Waals surface area contributed by atoms with Gasteiger partial charge in [-0.3, -0.25) is 5.43 Å². The van der Waals surface area contributed by atoms with Crippen LogP contribution in [0.4, 0.5) is 11.8 Å². The van der Waals surface area contributed by atoms with Gasteiger partial charge in [-0.1, -0.05) is 25.4 Å². The van der Waals surface area contributed by atoms with Crippen LogP contribution in [0.2, 0.25) is 5.02 Å². The van der Waals surface area contributed by atoms with E-state index in [9.17, 15) is 0 Å². The highest BCUT2D eigenvalue weighted by atomic mass is 35.5. The van der Waals surface area contributed by atoms with E-state index in [1.54, 1.807) is 6.20 Å². The average Bonchev–Trinajstić information content (AvgIpc) is 3.09. The van der Waals surface area contributed by atoms with Crippen LogP contribution in [0, 0.1) is 11.3 Å². The van der Waals surface area contributed by atoms with E-state index in [0.717, 1.165) is 6.54 Å². The number of nitrogen functional groups attached to an aromatic ring is 1. The van der Waals surface area contributed by atoms with Crippen LogP contribution >= 0.6 is 11.6 Å². The molecule has 4 N–H and O–H groups in total. The van der Waals surface area contributed by atoms with Gasteiger partial charge >= 0.3 is 0 Å². The van der Waals surface area contributed by atoms with Crippen molar-refractivity contribution in [2.45, 2.75) is 26.7 Å². The number of hydrogen-bond acceptors (Lipinski definition) is 5. The molecule has 1 aromatic heterocycles. The van der Waals surface area contributed by atoms with Crippen LogP contribution in [0.25, 0.3) is 0 Å². The fourth-order valence-corrected chi connectivity index (χ4v) is 2.10. The molecule has 0 spiro atoms. The third kappa shape index (κ3) is 2.61. The van der Waals surface area contributed by atoms with Crippen LogP contribution < -0.4 is 16.6 Å². The van der Waals surface area contributed by atoms with Crippen LogP contribution in [-0.2, 0) is 0 Å². The summed E-state index contributed by atoms with van der Waals surface area (Å²) in [5.74, 6) is 6.94. The molecule has 1 heterocycles. The molecule has 1 aliphatic rings.